The Labute approximate surface area is 210 Å². The van der Waals surface area contributed by atoms with Crippen LogP contribution in [0.15, 0.2) is 48.5 Å². The van der Waals surface area contributed by atoms with Gasteiger partial charge in [0.05, 0.1) is 0 Å². The zero-order valence-corrected chi connectivity index (χ0v) is 23.2. The van der Waals surface area contributed by atoms with Crippen molar-refractivity contribution < 1.29 is 43.1 Å². The molecule has 10 nitrogen and oxygen atoms in total. The van der Waals surface area contributed by atoms with E-state index in [9.17, 15) is 28.5 Å². The summed E-state index contributed by atoms with van der Waals surface area (Å²) in [5.74, 6) is 0.302. The number of benzene rings is 2. The average molecular weight is 649 g/mol. The minimum atomic E-state index is -5.08. The van der Waals surface area contributed by atoms with E-state index in [-0.39, 0.29) is 0 Å². The van der Waals surface area contributed by atoms with E-state index < -0.39 is 38.0 Å². The SMILES string of the molecule is CN(CCOc1ccc(N[Se](C)(=O)=O)cc1)CCc1ccc(N[Se](C)(=O)=O)cc1.O=C(O)C(F)(F)F. The van der Waals surface area contributed by atoms with Gasteiger partial charge in [0, 0.05) is 0 Å². The first-order valence-corrected chi connectivity index (χ1v) is 18.1. The van der Waals surface area contributed by atoms with Crippen LogP contribution >= 0.6 is 0 Å². The Balaban J connectivity index is 0.000000809. The van der Waals surface area contributed by atoms with Crippen LogP contribution in [0.2, 0.25) is 11.6 Å². The number of halogens is 3. The van der Waals surface area contributed by atoms with E-state index in [0.29, 0.717) is 23.7 Å². The Morgan fingerprint density at radius 1 is 0.889 bits per heavy atom. The minimum Gasteiger partial charge on any atom is -0.475 e. The number of alkyl halides is 3. The van der Waals surface area contributed by atoms with Gasteiger partial charge < -0.3 is 5.11 Å². The number of hydrogen-bond donors (Lipinski definition) is 3. The standard InChI is InChI=1S/C19H27N3O5Se2.C2HF3O2/c1-22(13-12-16-4-6-17(7-5-16)20-28(2,23)24)14-15-27-19-10-8-18(9-11-19)21-29(3,25)26;3-2(4,5)1(6)7/h4-11,20-21H,12-15H2,1-3H3;(H,6,7). The molecule has 0 spiro atoms. The van der Waals surface area contributed by atoms with Crippen molar-refractivity contribution in [2.45, 2.75) is 24.2 Å². The fourth-order valence-electron chi connectivity index (χ4n) is 2.54. The van der Waals surface area contributed by atoms with E-state index in [2.05, 4.69) is 13.6 Å². The van der Waals surface area contributed by atoms with Crippen molar-refractivity contribution in [3.63, 3.8) is 0 Å². The van der Waals surface area contributed by atoms with Crippen molar-refractivity contribution >= 4 is 43.2 Å². The minimum absolute atomic E-state index is 0.513. The van der Waals surface area contributed by atoms with Crippen molar-refractivity contribution in [2.24, 2.45) is 0 Å². The van der Waals surface area contributed by atoms with E-state index >= 15 is 0 Å². The molecule has 0 saturated carbocycles. The van der Waals surface area contributed by atoms with Crippen LogP contribution in [-0.4, -0.2) is 74.7 Å². The van der Waals surface area contributed by atoms with Gasteiger partial charge in [0.2, 0.25) is 0 Å². The van der Waals surface area contributed by atoms with Gasteiger partial charge in [0.1, 0.15) is 0 Å². The number of carboxylic acids is 1. The van der Waals surface area contributed by atoms with Gasteiger partial charge in [-0.15, -0.1) is 0 Å². The summed E-state index contributed by atoms with van der Waals surface area (Å²) >= 11 is -7.99. The third-order valence-electron chi connectivity index (χ3n) is 4.18. The molecule has 15 heteroatoms. The van der Waals surface area contributed by atoms with Crippen molar-refractivity contribution in [3.8, 4) is 5.75 Å². The molecule has 0 aromatic heterocycles. The molecule has 0 aliphatic heterocycles. The van der Waals surface area contributed by atoms with Crippen molar-refractivity contribution in [1.29, 1.82) is 0 Å². The monoisotopic (exact) mass is 651 g/mol. The van der Waals surface area contributed by atoms with E-state index in [0.717, 1.165) is 25.1 Å². The fourth-order valence-corrected chi connectivity index (χ4v) is 4.91. The van der Waals surface area contributed by atoms with Gasteiger partial charge in [-0.25, -0.2) is 4.79 Å². The number of ether oxygens (including phenoxy) is 1. The smallest absolute Gasteiger partial charge is 0.475 e. The molecule has 0 amide bonds. The molecule has 0 aliphatic carbocycles. The number of aliphatic carboxylic acids is 1. The number of likely N-dealkylation sites (N-methyl/N-ethyl adjacent to an activating group) is 1. The molecule has 3 N–H and O–H groups in total. The van der Waals surface area contributed by atoms with Crippen LogP contribution in [0.5, 0.6) is 5.75 Å². The molecule has 36 heavy (non-hydrogen) atoms. The topological polar surface area (TPSA) is 142 Å². The summed E-state index contributed by atoms with van der Waals surface area (Å²) in [5, 5.41) is 7.12. The number of nitrogens with one attached hydrogen (secondary N) is 2. The Morgan fingerprint density at radius 2 is 1.31 bits per heavy atom. The summed E-state index contributed by atoms with van der Waals surface area (Å²) in [4.78, 5) is 11.0. The van der Waals surface area contributed by atoms with Crippen LogP contribution in [0.1, 0.15) is 5.56 Å². The summed E-state index contributed by atoms with van der Waals surface area (Å²) < 4.78 is 87.5. The summed E-state index contributed by atoms with van der Waals surface area (Å²) in [6.07, 6.45) is -4.24. The second kappa shape index (κ2) is 13.6. The number of hydrogen-bond acceptors (Lipinski definition) is 7. The first kappa shape index (κ1) is 31.3. The number of carbonyl (C=O) groups is 1. The molecule has 0 heterocycles. The largest absolute Gasteiger partial charge is 0.490 e. The normalized spacial score (nSPS) is 11.9. The van der Waals surface area contributed by atoms with Gasteiger partial charge in [-0.05, 0) is 0 Å². The molecule has 0 unspecified atom stereocenters. The van der Waals surface area contributed by atoms with E-state index in [1.165, 1.54) is 11.6 Å². The van der Waals surface area contributed by atoms with Crippen LogP contribution in [0, 0.1) is 0 Å². The molecule has 2 rings (SSSR count). The van der Waals surface area contributed by atoms with Gasteiger partial charge in [-0.2, -0.15) is 13.2 Å². The summed E-state index contributed by atoms with van der Waals surface area (Å²) in [6.45, 7) is 2.09. The summed E-state index contributed by atoms with van der Waals surface area (Å²) in [7, 11) is 2.01. The number of rotatable bonds is 11. The molecule has 2 aromatic carbocycles. The predicted octanol–water partition coefficient (Wildman–Crippen LogP) is 3.56. The van der Waals surface area contributed by atoms with Crippen molar-refractivity contribution in [2.75, 3.05) is 35.4 Å². The third-order valence-corrected chi connectivity index (χ3v) is 6.73. The van der Waals surface area contributed by atoms with E-state index in [1.807, 2.05) is 19.2 Å². The Bertz CT molecular complexity index is 1190. The third kappa shape index (κ3) is 14.6. The maximum atomic E-state index is 11.3. The quantitative estimate of drug-likeness (QED) is 0.310. The second-order valence-corrected chi connectivity index (χ2v) is 15.0. The zero-order chi connectivity index (χ0) is 27.6. The molecule has 0 aliphatic rings. The Morgan fingerprint density at radius 3 is 1.69 bits per heavy atom. The summed E-state index contributed by atoms with van der Waals surface area (Å²) in [6, 6.07) is 14.2. The molecule has 2 aromatic rings. The van der Waals surface area contributed by atoms with Gasteiger partial charge in [0.15, 0.2) is 0 Å². The molecule has 0 atom stereocenters. The van der Waals surface area contributed by atoms with Crippen molar-refractivity contribution in [3.05, 3.63) is 54.1 Å². The van der Waals surface area contributed by atoms with Crippen LogP contribution < -0.4 is 13.4 Å². The molecule has 0 saturated heterocycles. The maximum absolute atomic E-state index is 11.3. The number of carboxylic acid groups (broad SMARTS) is 1. The zero-order valence-electron chi connectivity index (χ0n) is 19.7. The van der Waals surface area contributed by atoms with Crippen LogP contribution in [0.4, 0.5) is 24.5 Å². The molecule has 0 bridgehead atoms. The van der Waals surface area contributed by atoms with Gasteiger partial charge in [-0.1, -0.05) is 0 Å². The van der Waals surface area contributed by atoms with Gasteiger partial charge in [0.25, 0.3) is 0 Å². The second-order valence-electron chi connectivity index (χ2n) is 7.67. The average Bonchev–Trinajstić information content (AvgIpc) is 2.72. The number of nitrogens with zero attached hydrogens (tertiary/aromatic N) is 1. The Hall–Kier alpha value is -2.70. The molecule has 0 fully saturated rings. The summed E-state index contributed by atoms with van der Waals surface area (Å²) in [5.41, 5.74) is 2.24. The van der Waals surface area contributed by atoms with E-state index in [4.69, 9.17) is 14.6 Å². The van der Waals surface area contributed by atoms with Gasteiger partial charge >= 0.3 is 188 Å². The predicted molar refractivity (Wildman–Crippen MR) is 126 cm³/mol. The molecule has 0 radical (unpaired) electrons. The maximum Gasteiger partial charge on any atom is 0.490 e. The van der Waals surface area contributed by atoms with Gasteiger partial charge in [-0.3, -0.25) is 0 Å². The van der Waals surface area contributed by atoms with Crippen molar-refractivity contribution in [1.82, 2.24) is 4.90 Å². The first-order valence-electron chi connectivity index (χ1n) is 10.2. The van der Waals surface area contributed by atoms with Crippen LogP contribution in [-0.2, 0) is 26.6 Å². The fraction of sp³-hybridized carbons (Fsp3) is 0.381. The molecular formula is C21H28F3N3O7Se2. The first-order chi connectivity index (χ1) is 16.4. The Kier molecular flexibility index (Phi) is 11.8. The van der Waals surface area contributed by atoms with E-state index in [1.54, 1.807) is 36.4 Å². The number of anilines is 2. The van der Waals surface area contributed by atoms with Crippen LogP contribution in [0.3, 0.4) is 0 Å². The van der Waals surface area contributed by atoms with Crippen LogP contribution in [0.25, 0.3) is 0 Å². The molecular weight excluding hydrogens is 621 g/mol. The molecule has 202 valence electrons.